The molecular formula is C12H12O3. The molecular weight excluding hydrogens is 192 g/mol. The number of benzene rings is 1. The van der Waals surface area contributed by atoms with Crippen molar-refractivity contribution in [1.82, 2.24) is 0 Å². The lowest BCUT2D eigenvalue weighted by molar-refractivity contribution is -0.150. The second-order valence-corrected chi connectivity index (χ2v) is 3.99. The van der Waals surface area contributed by atoms with Crippen LogP contribution in [0, 0.1) is 0 Å². The van der Waals surface area contributed by atoms with Crippen LogP contribution in [0.4, 0.5) is 0 Å². The highest BCUT2D eigenvalue weighted by Crippen LogP contribution is 2.32. The molecule has 0 bridgehead atoms. The van der Waals surface area contributed by atoms with Gasteiger partial charge < -0.3 is 4.74 Å². The quantitative estimate of drug-likeness (QED) is 0.654. The maximum atomic E-state index is 12.0. The molecule has 1 unspecified atom stereocenters. The van der Waals surface area contributed by atoms with Crippen molar-refractivity contribution in [1.29, 1.82) is 0 Å². The summed E-state index contributed by atoms with van der Waals surface area (Å²) in [6, 6.07) is 7.36. The molecule has 1 atom stereocenters. The molecule has 2 rings (SSSR count). The lowest BCUT2D eigenvalue weighted by Gasteiger charge is -2.21. The largest absolute Gasteiger partial charge is 0.451 e. The molecule has 1 aromatic rings. The molecule has 3 heteroatoms. The Hall–Kier alpha value is -1.64. The van der Waals surface area contributed by atoms with E-state index in [2.05, 4.69) is 0 Å². The van der Waals surface area contributed by atoms with Crippen molar-refractivity contribution in [2.45, 2.75) is 25.9 Å². The number of carbonyl (C=O) groups excluding carboxylic acids is 2. The van der Waals surface area contributed by atoms with Gasteiger partial charge in [0.1, 0.15) is 0 Å². The zero-order valence-electron chi connectivity index (χ0n) is 8.74. The standard InChI is InChI=1S/C12H12O3/c1-8(13)15-12(2)7-9-5-3-4-6-10(9)11(12)14/h3-6H,7H2,1-2H3. The molecule has 0 aliphatic heterocycles. The van der Waals surface area contributed by atoms with Crippen molar-refractivity contribution in [3.05, 3.63) is 35.4 Å². The Morgan fingerprint density at radius 2 is 2.07 bits per heavy atom. The maximum Gasteiger partial charge on any atom is 0.303 e. The van der Waals surface area contributed by atoms with E-state index in [0.717, 1.165) is 5.56 Å². The Labute approximate surface area is 88.1 Å². The topological polar surface area (TPSA) is 43.4 Å². The molecule has 3 nitrogen and oxygen atoms in total. The van der Waals surface area contributed by atoms with Gasteiger partial charge in [0.15, 0.2) is 5.60 Å². The molecule has 1 aliphatic carbocycles. The first-order chi connectivity index (χ1) is 7.03. The van der Waals surface area contributed by atoms with Crippen molar-refractivity contribution in [2.24, 2.45) is 0 Å². The summed E-state index contributed by atoms with van der Waals surface area (Å²) in [5.74, 6) is -0.521. The van der Waals surface area contributed by atoms with Gasteiger partial charge in [0, 0.05) is 18.9 Å². The van der Waals surface area contributed by atoms with Gasteiger partial charge in [-0.2, -0.15) is 0 Å². The average molecular weight is 204 g/mol. The van der Waals surface area contributed by atoms with Gasteiger partial charge >= 0.3 is 5.97 Å². The maximum absolute atomic E-state index is 12.0. The number of rotatable bonds is 1. The van der Waals surface area contributed by atoms with Crippen LogP contribution in [0.1, 0.15) is 29.8 Å². The Morgan fingerprint density at radius 3 is 2.67 bits per heavy atom. The highest BCUT2D eigenvalue weighted by atomic mass is 16.6. The SMILES string of the molecule is CC(=O)OC1(C)Cc2ccccc2C1=O. The zero-order valence-corrected chi connectivity index (χ0v) is 8.74. The minimum absolute atomic E-state index is 0.103. The molecule has 0 radical (unpaired) electrons. The van der Waals surface area contributed by atoms with Crippen molar-refractivity contribution < 1.29 is 14.3 Å². The molecule has 0 saturated carbocycles. The van der Waals surface area contributed by atoms with Gasteiger partial charge in [0.05, 0.1) is 0 Å². The molecule has 78 valence electrons. The van der Waals surface area contributed by atoms with E-state index in [-0.39, 0.29) is 5.78 Å². The zero-order chi connectivity index (χ0) is 11.1. The van der Waals surface area contributed by atoms with E-state index >= 15 is 0 Å². The third-order valence-corrected chi connectivity index (χ3v) is 2.64. The van der Waals surface area contributed by atoms with Gasteiger partial charge in [-0.15, -0.1) is 0 Å². The van der Waals surface area contributed by atoms with Crippen LogP contribution in [0.2, 0.25) is 0 Å². The van der Waals surface area contributed by atoms with Gasteiger partial charge in [0.2, 0.25) is 5.78 Å². The first-order valence-corrected chi connectivity index (χ1v) is 4.85. The van der Waals surface area contributed by atoms with E-state index < -0.39 is 11.6 Å². The first-order valence-electron chi connectivity index (χ1n) is 4.85. The Balaban J connectivity index is 2.38. The molecule has 0 N–H and O–H groups in total. The minimum Gasteiger partial charge on any atom is -0.451 e. The van der Waals surface area contributed by atoms with Gasteiger partial charge in [-0.1, -0.05) is 24.3 Å². The summed E-state index contributed by atoms with van der Waals surface area (Å²) in [5, 5.41) is 0. The van der Waals surface area contributed by atoms with Crippen LogP contribution in [0.5, 0.6) is 0 Å². The molecule has 1 aliphatic rings. The normalized spacial score (nSPS) is 23.7. The van der Waals surface area contributed by atoms with Crippen LogP contribution in [0.3, 0.4) is 0 Å². The molecule has 0 fully saturated rings. The summed E-state index contributed by atoms with van der Waals surface area (Å²) in [4.78, 5) is 22.9. The fraction of sp³-hybridized carbons (Fsp3) is 0.333. The lowest BCUT2D eigenvalue weighted by atomic mass is 10.0. The second kappa shape index (κ2) is 3.19. The highest BCUT2D eigenvalue weighted by Gasteiger charge is 2.44. The molecule has 0 heterocycles. The fourth-order valence-corrected chi connectivity index (χ4v) is 2.02. The molecule has 0 aromatic heterocycles. The number of hydrogen-bond donors (Lipinski definition) is 0. The number of fused-ring (bicyclic) bond motifs is 1. The predicted molar refractivity (Wildman–Crippen MR) is 54.6 cm³/mol. The molecule has 15 heavy (non-hydrogen) atoms. The summed E-state index contributed by atoms with van der Waals surface area (Å²) in [6.45, 7) is 2.98. The summed E-state index contributed by atoms with van der Waals surface area (Å²) in [7, 11) is 0. The molecule has 0 spiro atoms. The number of hydrogen-bond acceptors (Lipinski definition) is 3. The predicted octanol–water partition coefficient (Wildman–Crippen LogP) is 1.75. The van der Waals surface area contributed by atoms with E-state index in [1.165, 1.54) is 6.92 Å². The average Bonchev–Trinajstić information content (AvgIpc) is 2.39. The first kappa shape index (κ1) is 9.90. The van der Waals surface area contributed by atoms with Gasteiger partial charge in [-0.3, -0.25) is 9.59 Å². The summed E-state index contributed by atoms with van der Waals surface area (Å²) in [5.41, 5.74) is 0.614. The summed E-state index contributed by atoms with van der Waals surface area (Å²) >= 11 is 0. The van der Waals surface area contributed by atoms with Crippen molar-refractivity contribution in [3.63, 3.8) is 0 Å². The van der Waals surface area contributed by atoms with Crippen LogP contribution >= 0.6 is 0 Å². The Morgan fingerprint density at radius 1 is 1.40 bits per heavy atom. The van der Waals surface area contributed by atoms with Crippen LogP contribution in [-0.4, -0.2) is 17.4 Å². The number of carbonyl (C=O) groups is 2. The number of ketones is 1. The Kier molecular flexibility index (Phi) is 2.11. The monoisotopic (exact) mass is 204 g/mol. The van der Waals surface area contributed by atoms with E-state index in [9.17, 15) is 9.59 Å². The van der Waals surface area contributed by atoms with E-state index in [0.29, 0.717) is 12.0 Å². The number of esters is 1. The van der Waals surface area contributed by atoms with Gasteiger partial charge in [-0.05, 0) is 12.5 Å². The lowest BCUT2D eigenvalue weighted by Crippen LogP contribution is -2.37. The number of ether oxygens (including phenoxy) is 1. The molecule has 1 aromatic carbocycles. The van der Waals surface area contributed by atoms with E-state index in [4.69, 9.17) is 4.74 Å². The summed E-state index contributed by atoms with van der Waals surface area (Å²) in [6.07, 6.45) is 0.474. The van der Waals surface area contributed by atoms with E-state index in [1.807, 2.05) is 18.2 Å². The van der Waals surface area contributed by atoms with E-state index in [1.54, 1.807) is 13.0 Å². The highest BCUT2D eigenvalue weighted by molar-refractivity contribution is 6.07. The van der Waals surface area contributed by atoms with Crippen molar-refractivity contribution in [3.8, 4) is 0 Å². The fourth-order valence-electron chi connectivity index (χ4n) is 2.02. The van der Waals surface area contributed by atoms with Crippen LogP contribution in [0.15, 0.2) is 24.3 Å². The molecule has 0 amide bonds. The van der Waals surface area contributed by atoms with Gasteiger partial charge in [-0.25, -0.2) is 0 Å². The van der Waals surface area contributed by atoms with Crippen molar-refractivity contribution in [2.75, 3.05) is 0 Å². The molecule has 0 saturated heterocycles. The van der Waals surface area contributed by atoms with Crippen LogP contribution < -0.4 is 0 Å². The Bertz CT molecular complexity index is 436. The van der Waals surface area contributed by atoms with Crippen LogP contribution in [-0.2, 0) is 16.0 Å². The van der Waals surface area contributed by atoms with Crippen molar-refractivity contribution >= 4 is 11.8 Å². The minimum atomic E-state index is -1.00. The van der Waals surface area contributed by atoms with Gasteiger partial charge in [0.25, 0.3) is 0 Å². The summed E-state index contributed by atoms with van der Waals surface area (Å²) < 4.78 is 5.10. The smallest absolute Gasteiger partial charge is 0.303 e. The third kappa shape index (κ3) is 1.54. The second-order valence-electron chi connectivity index (χ2n) is 3.99. The third-order valence-electron chi connectivity index (χ3n) is 2.64. The van der Waals surface area contributed by atoms with Crippen LogP contribution in [0.25, 0.3) is 0 Å². The number of Topliss-reactive ketones (excluding diaryl/α,β-unsaturated/α-hetero) is 1.